The van der Waals surface area contributed by atoms with E-state index in [0.29, 0.717) is 12.2 Å². The molecule has 0 saturated heterocycles. The van der Waals surface area contributed by atoms with E-state index >= 15 is 0 Å². The summed E-state index contributed by atoms with van der Waals surface area (Å²) in [4.78, 5) is 12.3. The molecule has 1 N–H and O–H groups in total. The zero-order chi connectivity index (χ0) is 14.1. The molecule has 102 valence electrons. The Hall–Kier alpha value is -2.36. The van der Waals surface area contributed by atoms with Crippen LogP contribution in [0.1, 0.15) is 35.3 Å². The molecule has 1 aromatic heterocycles. The summed E-state index contributed by atoms with van der Waals surface area (Å²) in [5, 5.41) is 13.6. The standard InChI is InChI=1S/C16H15NO3/c1-10-7-15(20-17-10)16-13(8-12(18)9-14(16)19)11-5-3-2-4-6-11/h2-7,9,13,16,18H,8H2,1H3/t13-,16-/m1/s1. The summed E-state index contributed by atoms with van der Waals surface area (Å²) < 4.78 is 5.28. The molecule has 2 aromatic rings. The van der Waals surface area contributed by atoms with Crippen molar-refractivity contribution in [2.75, 3.05) is 0 Å². The molecule has 0 radical (unpaired) electrons. The second kappa shape index (κ2) is 4.96. The van der Waals surface area contributed by atoms with Gasteiger partial charge in [0.2, 0.25) is 0 Å². The van der Waals surface area contributed by atoms with E-state index < -0.39 is 5.92 Å². The fraction of sp³-hybridized carbons (Fsp3) is 0.250. The van der Waals surface area contributed by atoms with E-state index in [1.54, 1.807) is 6.07 Å². The molecule has 0 bridgehead atoms. The number of aromatic nitrogens is 1. The third kappa shape index (κ3) is 2.25. The average Bonchev–Trinajstić information content (AvgIpc) is 2.85. The van der Waals surface area contributed by atoms with E-state index in [-0.39, 0.29) is 17.5 Å². The lowest BCUT2D eigenvalue weighted by atomic mass is 9.76. The Labute approximate surface area is 116 Å². The van der Waals surface area contributed by atoms with Gasteiger partial charge in [-0.2, -0.15) is 0 Å². The lowest BCUT2D eigenvalue weighted by Gasteiger charge is -2.27. The van der Waals surface area contributed by atoms with Gasteiger partial charge in [0, 0.05) is 24.5 Å². The SMILES string of the molecule is Cc1cc([C@H]2C(=O)C=C(O)C[C@@H]2c2ccccc2)on1. The average molecular weight is 269 g/mol. The summed E-state index contributed by atoms with van der Waals surface area (Å²) in [5.41, 5.74) is 1.76. The van der Waals surface area contributed by atoms with E-state index in [9.17, 15) is 9.90 Å². The number of hydrogen-bond acceptors (Lipinski definition) is 4. The van der Waals surface area contributed by atoms with Crippen molar-refractivity contribution in [3.63, 3.8) is 0 Å². The summed E-state index contributed by atoms with van der Waals surface area (Å²) >= 11 is 0. The first-order valence-corrected chi connectivity index (χ1v) is 6.56. The number of aryl methyl sites for hydroxylation is 1. The Morgan fingerprint density at radius 2 is 2.05 bits per heavy atom. The van der Waals surface area contributed by atoms with Crippen molar-refractivity contribution in [2.24, 2.45) is 0 Å². The lowest BCUT2D eigenvalue weighted by molar-refractivity contribution is -0.117. The highest BCUT2D eigenvalue weighted by Gasteiger charge is 2.37. The third-order valence-corrected chi connectivity index (χ3v) is 3.63. The van der Waals surface area contributed by atoms with E-state index in [2.05, 4.69) is 5.16 Å². The zero-order valence-corrected chi connectivity index (χ0v) is 11.1. The van der Waals surface area contributed by atoms with E-state index in [1.165, 1.54) is 6.08 Å². The number of ketones is 1. The van der Waals surface area contributed by atoms with Crippen molar-refractivity contribution >= 4 is 5.78 Å². The highest BCUT2D eigenvalue weighted by atomic mass is 16.5. The fourth-order valence-corrected chi connectivity index (χ4v) is 2.73. The second-order valence-corrected chi connectivity index (χ2v) is 5.11. The summed E-state index contributed by atoms with van der Waals surface area (Å²) in [6.45, 7) is 1.82. The third-order valence-electron chi connectivity index (χ3n) is 3.63. The van der Waals surface area contributed by atoms with Gasteiger partial charge in [-0.05, 0) is 12.5 Å². The van der Waals surface area contributed by atoms with Gasteiger partial charge >= 0.3 is 0 Å². The molecule has 0 unspecified atom stereocenters. The molecule has 1 heterocycles. The van der Waals surface area contributed by atoms with Gasteiger partial charge in [0.1, 0.15) is 5.76 Å². The van der Waals surface area contributed by atoms with Gasteiger partial charge in [-0.3, -0.25) is 4.79 Å². The first kappa shape index (κ1) is 12.7. The number of carbonyl (C=O) groups excluding carboxylic acids is 1. The Bertz CT molecular complexity index is 657. The normalized spacial score (nSPS) is 22.6. The Morgan fingerprint density at radius 3 is 2.70 bits per heavy atom. The Balaban J connectivity index is 2.05. The van der Waals surface area contributed by atoms with Crippen LogP contribution in [0.25, 0.3) is 0 Å². The molecule has 4 heteroatoms. The quantitative estimate of drug-likeness (QED) is 0.908. The van der Waals surface area contributed by atoms with E-state index in [1.807, 2.05) is 37.3 Å². The van der Waals surface area contributed by atoms with Gasteiger partial charge < -0.3 is 9.63 Å². The van der Waals surface area contributed by atoms with Crippen molar-refractivity contribution in [3.05, 3.63) is 65.3 Å². The fourth-order valence-electron chi connectivity index (χ4n) is 2.73. The summed E-state index contributed by atoms with van der Waals surface area (Å²) in [6, 6.07) is 11.5. The zero-order valence-electron chi connectivity index (χ0n) is 11.1. The number of allylic oxidation sites excluding steroid dienone is 2. The summed E-state index contributed by atoms with van der Waals surface area (Å²) in [6.07, 6.45) is 1.72. The smallest absolute Gasteiger partial charge is 0.170 e. The monoisotopic (exact) mass is 269 g/mol. The van der Waals surface area contributed by atoms with Gasteiger partial charge in [-0.15, -0.1) is 0 Å². The topological polar surface area (TPSA) is 63.3 Å². The maximum atomic E-state index is 12.3. The molecule has 20 heavy (non-hydrogen) atoms. The van der Waals surface area contributed by atoms with Gasteiger partial charge in [0.15, 0.2) is 5.78 Å². The van der Waals surface area contributed by atoms with Crippen LogP contribution in [0.2, 0.25) is 0 Å². The molecule has 0 aliphatic heterocycles. The molecular weight excluding hydrogens is 254 g/mol. The lowest BCUT2D eigenvalue weighted by Crippen LogP contribution is -2.23. The van der Waals surface area contributed by atoms with Crippen LogP contribution in [-0.4, -0.2) is 16.0 Å². The van der Waals surface area contributed by atoms with Crippen molar-refractivity contribution in [2.45, 2.75) is 25.2 Å². The maximum Gasteiger partial charge on any atom is 0.170 e. The number of aliphatic hydroxyl groups is 1. The van der Waals surface area contributed by atoms with Crippen molar-refractivity contribution < 1.29 is 14.4 Å². The van der Waals surface area contributed by atoms with Gasteiger partial charge in [-0.25, -0.2) is 0 Å². The van der Waals surface area contributed by atoms with Crippen LogP contribution >= 0.6 is 0 Å². The van der Waals surface area contributed by atoms with Crippen molar-refractivity contribution in [1.29, 1.82) is 0 Å². The predicted molar refractivity (Wildman–Crippen MR) is 73.5 cm³/mol. The van der Waals surface area contributed by atoms with Crippen LogP contribution in [0.4, 0.5) is 0 Å². The first-order valence-electron chi connectivity index (χ1n) is 6.56. The predicted octanol–water partition coefficient (Wildman–Crippen LogP) is 3.27. The minimum atomic E-state index is -0.422. The molecule has 1 aromatic carbocycles. The number of hydrogen-bond donors (Lipinski definition) is 1. The number of carbonyl (C=O) groups is 1. The van der Waals surface area contributed by atoms with E-state index in [4.69, 9.17) is 4.52 Å². The molecule has 0 spiro atoms. The number of nitrogens with zero attached hydrogens (tertiary/aromatic N) is 1. The van der Waals surface area contributed by atoms with E-state index in [0.717, 1.165) is 11.3 Å². The van der Waals surface area contributed by atoms with Crippen LogP contribution < -0.4 is 0 Å². The minimum Gasteiger partial charge on any atom is -0.512 e. The molecule has 1 aliphatic carbocycles. The molecule has 2 atom stereocenters. The maximum absolute atomic E-state index is 12.3. The second-order valence-electron chi connectivity index (χ2n) is 5.11. The highest BCUT2D eigenvalue weighted by Crippen LogP contribution is 2.41. The largest absolute Gasteiger partial charge is 0.512 e. The molecular formula is C16H15NO3. The molecule has 3 rings (SSSR count). The van der Waals surface area contributed by atoms with Crippen LogP contribution in [0, 0.1) is 6.92 Å². The van der Waals surface area contributed by atoms with Crippen LogP contribution in [0.3, 0.4) is 0 Å². The van der Waals surface area contributed by atoms with Crippen molar-refractivity contribution in [3.8, 4) is 0 Å². The molecule has 0 saturated carbocycles. The molecule has 0 amide bonds. The Kier molecular flexibility index (Phi) is 3.14. The minimum absolute atomic E-state index is 0.122. The van der Waals surface area contributed by atoms with Crippen LogP contribution in [0.5, 0.6) is 0 Å². The first-order chi connectivity index (χ1) is 9.65. The van der Waals surface area contributed by atoms with Gasteiger partial charge in [-0.1, -0.05) is 35.5 Å². The van der Waals surface area contributed by atoms with Crippen LogP contribution in [0.15, 0.2) is 52.8 Å². The van der Waals surface area contributed by atoms with Gasteiger partial charge in [0.05, 0.1) is 17.4 Å². The molecule has 0 fully saturated rings. The van der Waals surface area contributed by atoms with Gasteiger partial charge in [0.25, 0.3) is 0 Å². The number of aliphatic hydroxyl groups excluding tert-OH is 1. The van der Waals surface area contributed by atoms with Crippen LogP contribution in [-0.2, 0) is 4.79 Å². The number of benzene rings is 1. The highest BCUT2D eigenvalue weighted by molar-refractivity contribution is 5.97. The Morgan fingerprint density at radius 1 is 1.30 bits per heavy atom. The number of rotatable bonds is 2. The summed E-state index contributed by atoms with van der Waals surface area (Å²) in [5.74, 6) is -0.00394. The molecule has 4 nitrogen and oxygen atoms in total. The van der Waals surface area contributed by atoms with Crippen molar-refractivity contribution in [1.82, 2.24) is 5.16 Å². The summed E-state index contributed by atoms with van der Waals surface area (Å²) in [7, 11) is 0. The molecule has 1 aliphatic rings.